The van der Waals surface area contributed by atoms with Crippen molar-refractivity contribution in [1.29, 1.82) is 0 Å². The zero-order valence-electron chi connectivity index (χ0n) is 7.07. The molecule has 0 radical (unpaired) electrons. The lowest BCUT2D eigenvalue weighted by Gasteiger charge is -1.99. The van der Waals surface area contributed by atoms with Crippen LogP contribution < -0.4 is 0 Å². The van der Waals surface area contributed by atoms with Crippen LogP contribution in [0, 0.1) is 5.92 Å². The Balaban J connectivity index is 2.24. The van der Waals surface area contributed by atoms with Crippen molar-refractivity contribution in [3.63, 3.8) is 0 Å². The van der Waals surface area contributed by atoms with Crippen LogP contribution in [0.3, 0.4) is 0 Å². The molecule has 1 heterocycles. The molecule has 1 aliphatic carbocycles. The predicted molar refractivity (Wildman–Crippen MR) is 46.7 cm³/mol. The summed E-state index contributed by atoms with van der Waals surface area (Å²) in [4.78, 5) is 10.6. The topological polar surface area (TPSA) is 55.1 Å². The molecular formula is C8H9ClN2O2. The number of nitrogens with zero attached hydrogens (tertiary/aromatic N) is 2. The molecule has 2 rings (SSSR count). The molecule has 1 aromatic heterocycles. The van der Waals surface area contributed by atoms with Gasteiger partial charge in [-0.15, -0.1) is 0 Å². The van der Waals surface area contributed by atoms with Gasteiger partial charge in [-0.25, -0.2) is 0 Å². The molecule has 1 aromatic rings. The van der Waals surface area contributed by atoms with E-state index in [0.717, 1.165) is 5.69 Å². The minimum atomic E-state index is -0.748. The summed E-state index contributed by atoms with van der Waals surface area (Å²) < 4.78 is 1.65. The molecule has 70 valence electrons. The minimum Gasteiger partial charge on any atom is -0.481 e. The fraction of sp³-hybridized carbons (Fsp3) is 0.500. The molecule has 1 saturated carbocycles. The van der Waals surface area contributed by atoms with Gasteiger partial charge in [0.1, 0.15) is 0 Å². The average Bonchev–Trinajstić information content (AvgIpc) is 2.76. The summed E-state index contributed by atoms with van der Waals surface area (Å²) in [6.45, 7) is 0. The van der Waals surface area contributed by atoms with Crippen LogP contribution in [-0.4, -0.2) is 20.9 Å². The Bertz CT molecular complexity index is 342. The second-order valence-corrected chi connectivity index (χ2v) is 3.70. The van der Waals surface area contributed by atoms with Gasteiger partial charge in [-0.3, -0.25) is 9.48 Å². The van der Waals surface area contributed by atoms with E-state index >= 15 is 0 Å². The van der Waals surface area contributed by atoms with Crippen molar-refractivity contribution in [3.05, 3.63) is 16.9 Å². The average molecular weight is 201 g/mol. The lowest BCUT2D eigenvalue weighted by Crippen LogP contribution is -2.02. The number of hydrogen-bond acceptors (Lipinski definition) is 2. The fourth-order valence-electron chi connectivity index (χ4n) is 1.61. The molecule has 13 heavy (non-hydrogen) atoms. The molecule has 0 spiro atoms. The summed E-state index contributed by atoms with van der Waals surface area (Å²) in [5.74, 6) is -0.965. The van der Waals surface area contributed by atoms with Gasteiger partial charge in [0.15, 0.2) is 0 Å². The standard InChI is InChI=1S/C8H9ClN2O2/c1-11-7(6(9)3-10-11)4-2-5(4)8(12)13/h3-5H,2H2,1H3,(H,12,13). The first-order chi connectivity index (χ1) is 6.11. The summed E-state index contributed by atoms with van der Waals surface area (Å²) >= 11 is 5.87. The highest BCUT2D eigenvalue weighted by Crippen LogP contribution is 2.49. The number of carboxylic acids is 1. The molecule has 0 aromatic carbocycles. The van der Waals surface area contributed by atoms with E-state index < -0.39 is 5.97 Å². The van der Waals surface area contributed by atoms with Crippen molar-refractivity contribution < 1.29 is 9.90 Å². The number of aliphatic carboxylic acids is 1. The summed E-state index contributed by atoms with van der Waals surface area (Å²) in [5, 5.41) is 13.3. The Kier molecular flexibility index (Phi) is 1.80. The lowest BCUT2D eigenvalue weighted by atomic mass is 10.2. The monoisotopic (exact) mass is 200 g/mol. The SMILES string of the molecule is Cn1ncc(Cl)c1C1CC1C(=O)O. The summed E-state index contributed by atoms with van der Waals surface area (Å²) in [7, 11) is 1.78. The third-order valence-corrected chi connectivity index (χ3v) is 2.69. The molecule has 2 unspecified atom stereocenters. The van der Waals surface area contributed by atoms with Crippen molar-refractivity contribution >= 4 is 17.6 Å². The van der Waals surface area contributed by atoms with E-state index in [2.05, 4.69) is 5.10 Å². The first-order valence-corrected chi connectivity index (χ1v) is 4.39. The maximum absolute atomic E-state index is 10.6. The van der Waals surface area contributed by atoms with E-state index in [-0.39, 0.29) is 11.8 Å². The highest BCUT2D eigenvalue weighted by Gasteiger charge is 2.46. The summed E-state index contributed by atoms with van der Waals surface area (Å²) in [5.41, 5.74) is 0.842. The third kappa shape index (κ3) is 1.31. The van der Waals surface area contributed by atoms with Gasteiger partial charge in [0, 0.05) is 13.0 Å². The van der Waals surface area contributed by atoms with E-state index in [0.29, 0.717) is 11.4 Å². The maximum atomic E-state index is 10.6. The van der Waals surface area contributed by atoms with Crippen LogP contribution in [0.1, 0.15) is 18.0 Å². The number of aryl methyl sites for hydroxylation is 1. The molecule has 1 N–H and O–H groups in total. The van der Waals surface area contributed by atoms with Gasteiger partial charge in [-0.05, 0) is 6.42 Å². The van der Waals surface area contributed by atoms with Crippen molar-refractivity contribution in [1.82, 2.24) is 9.78 Å². The zero-order chi connectivity index (χ0) is 9.59. The lowest BCUT2D eigenvalue weighted by molar-refractivity contribution is -0.138. The van der Waals surface area contributed by atoms with Crippen molar-refractivity contribution in [3.8, 4) is 0 Å². The van der Waals surface area contributed by atoms with Gasteiger partial charge in [-0.2, -0.15) is 5.10 Å². The quantitative estimate of drug-likeness (QED) is 0.782. The number of rotatable bonds is 2. The smallest absolute Gasteiger partial charge is 0.307 e. The molecular weight excluding hydrogens is 192 g/mol. The van der Waals surface area contributed by atoms with Gasteiger partial charge in [0.05, 0.1) is 22.8 Å². The van der Waals surface area contributed by atoms with Crippen LogP contribution in [0.25, 0.3) is 0 Å². The van der Waals surface area contributed by atoms with E-state index in [1.807, 2.05) is 0 Å². The molecule has 4 nitrogen and oxygen atoms in total. The van der Waals surface area contributed by atoms with E-state index in [1.54, 1.807) is 17.9 Å². The normalized spacial score (nSPS) is 26.0. The Morgan fingerprint density at radius 3 is 2.92 bits per heavy atom. The second kappa shape index (κ2) is 2.73. The Morgan fingerprint density at radius 1 is 1.85 bits per heavy atom. The first kappa shape index (κ1) is 8.56. The van der Waals surface area contributed by atoms with Gasteiger partial charge in [0.25, 0.3) is 0 Å². The number of hydrogen-bond donors (Lipinski definition) is 1. The molecule has 1 fully saturated rings. The molecule has 0 bridgehead atoms. The van der Waals surface area contributed by atoms with Crippen LogP contribution >= 0.6 is 11.6 Å². The number of aromatic nitrogens is 2. The predicted octanol–water partition coefficient (Wildman–Crippen LogP) is 1.26. The number of halogens is 1. The highest BCUT2D eigenvalue weighted by molar-refractivity contribution is 6.31. The molecule has 0 amide bonds. The second-order valence-electron chi connectivity index (χ2n) is 3.29. The largest absolute Gasteiger partial charge is 0.481 e. The zero-order valence-corrected chi connectivity index (χ0v) is 7.82. The fourth-order valence-corrected chi connectivity index (χ4v) is 1.91. The van der Waals surface area contributed by atoms with Crippen molar-refractivity contribution in [2.45, 2.75) is 12.3 Å². The number of carbonyl (C=O) groups is 1. The van der Waals surface area contributed by atoms with Crippen LogP contribution in [0.2, 0.25) is 5.02 Å². The molecule has 0 saturated heterocycles. The maximum Gasteiger partial charge on any atom is 0.307 e. The summed E-state index contributed by atoms with van der Waals surface area (Å²) in [6, 6.07) is 0. The van der Waals surface area contributed by atoms with E-state index in [9.17, 15) is 4.79 Å². The molecule has 5 heteroatoms. The van der Waals surface area contributed by atoms with E-state index in [1.165, 1.54) is 0 Å². The summed E-state index contributed by atoms with van der Waals surface area (Å²) in [6.07, 6.45) is 2.22. The van der Waals surface area contributed by atoms with Crippen LogP contribution in [0.4, 0.5) is 0 Å². The highest BCUT2D eigenvalue weighted by atomic mass is 35.5. The van der Waals surface area contributed by atoms with Crippen molar-refractivity contribution in [2.24, 2.45) is 13.0 Å². The van der Waals surface area contributed by atoms with Gasteiger partial charge < -0.3 is 5.11 Å². The Labute approximate surface area is 80.1 Å². The molecule has 2 atom stereocenters. The van der Waals surface area contributed by atoms with Gasteiger partial charge in [-0.1, -0.05) is 11.6 Å². The van der Waals surface area contributed by atoms with Crippen molar-refractivity contribution in [2.75, 3.05) is 0 Å². The van der Waals surface area contributed by atoms with Crippen LogP contribution in [0.5, 0.6) is 0 Å². The Morgan fingerprint density at radius 2 is 2.54 bits per heavy atom. The van der Waals surface area contributed by atoms with Crippen LogP contribution in [0.15, 0.2) is 6.20 Å². The van der Waals surface area contributed by atoms with Crippen LogP contribution in [-0.2, 0) is 11.8 Å². The molecule has 0 aliphatic heterocycles. The van der Waals surface area contributed by atoms with Gasteiger partial charge >= 0.3 is 5.97 Å². The molecule has 1 aliphatic rings. The minimum absolute atomic E-state index is 0.0532. The van der Waals surface area contributed by atoms with Gasteiger partial charge in [0.2, 0.25) is 0 Å². The first-order valence-electron chi connectivity index (χ1n) is 4.01. The van der Waals surface area contributed by atoms with E-state index in [4.69, 9.17) is 16.7 Å². The Hall–Kier alpha value is -1.03. The number of carboxylic acid groups (broad SMARTS) is 1. The third-order valence-electron chi connectivity index (χ3n) is 2.40.